The molecule has 3 rings (SSSR count). The summed E-state index contributed by atoms with van der Waals surface area (Å²) in [7, 11) is 1.67. The highest BCUT2D eigenvalue weighted by Crippen LogP contribution is 2.38. The van der Waals surface area contributed by atoms with Gasteiger partial charge in [-0.3, -0.25) is 4.79 Å². The molecule has 2 heterocycles. The van der Waals surface area contributed by atoms with Gasteiger partial charge in [-0.05, 0) is 54.5 Å². The number of amides is 1. The highest BCUT2D eigenvalue weighted by molar-refractivity contribution is 7.10. The van der Waals surface area contributed by atoms with Crippen LogP contribution >= 0.6 is 11.3 Å². The summed E-state index contributed by atoms with van der Waals surface area (Å²) in [6, 6.07) is 10.6. The number of nitrogens with one attached hydrogen (secondary N) is 1. The predicted octanol–water partition coefficient (Wildman–Crippen LogP) is 3.62. The van der Waals surface area contributed by atoms with Crippen LogP contribution in [0, 0.1) is 0 Å². The van der Waals surface area contributed by atoms with Gasteiger partial charge in [-0.25, -0.2) is 0 Å². The van der Waals surface area contributed by atoms with Crippen molar-refractivity contribution >= 4 is 17.2 Å². The van der Waals surface area contributed by atoms with Crippen LogP contribution in [0.2, 0.25) is 0 Å². The van der Waals surface area contributed by atoms with Crippen LogP contribution in [0.5, 0.6) is 5.75 Å². The number of carbonyl (C=O) groups is 1. The molecule has 1 N–H and O–H groups in total. The fourth-order valence-corrected chi connectivity index (χ4v) is 4.14. The van der Waals surface area contributed by atoms with Crippen molar-refractivity contribution in [3.63, 3.8) is 0 Å². The summed E-state index contributed by atoms with van der Waals surface area (Å²) in [6.07, 6.45) is 1.96. The van der Waals surface area contributed by atoms with Crippen LogP contribution < -0.4 is 10.1 Å². The van der Waals surface area contributed by atoms with E-state index in [-0.39, 0.29) is 11.9 Å². The fourth-order valence-electron chi connectivity index (χ4n) is 3.24. The first kappa shape index (κ1) is 18.0. The Hall–Kier alpha value is -1.85. The van der Waals surface area contributed by atoms with Crippen LogP contribution in [0.3, 0.4) is 0 Å². The average Bonchev–Trinajstić information content (AvgIpc) is 3.13. The van der Waals surface area contributed by atoms with Crippen molar-refractivity contribution in [2.75, 3.05) is 20.2 Å². The molecule has 1 aliphatic heterocycles. The van der Waals surface area contributed by atoms with Crippen molar-refractivity contribution in [3.05, 3.63) is 51.7 Å². The zero-order valence-electron chi connectivity index (χ0n) is 15.1. The number of fused-ring (bicyclic) bond motifs is 1. The average molecular weight is 359 g/mol. The van der Waals surface area contributed by atoms with Crippen molar-refractivity contribution in [1.82, 2.24) is 10.2 Å². The first-order valence-corrected chi connectivity index (χ1v) is 9.75. The van der Waals surface area contributed by atoms with Crippen LogP contribution in [0.4, 0.5) is 0 Å². The molecule has 0 radical (unpaired) electrons. The second-order valence-corrected chi connectivity index (χ2v) is 7.50. The van der Waals surface area contributed by atoms with Crippen molar-refractivity contribution in [3.8, 4) is 5.75 Å². The Morgan fingerprint density at radius 2 is 2.12 bits per heavy atom. The van der Waals surface area contributed by atoms with Crippen molar-refractivity contribution < 1.29 is 9.53 Å². The molecule has 0 saturated carbocycles. The number of ether oxygens (including phenoxy) is 1. The molecule has 0 unspecified atom stereocenters. The Labute approximate surface area is 153 Å². The summed E-state index contributed by atoms with van der Waals surface area (Å²) < 4.78 is 5.27. The molecule has 1 aromatic heterocycles. The monoisotopic (exact) mass is 358 g/mol. The third kappa shape index (κ3) is 3.88. The summed E-state index contributed by atoms with van der Waals surface area (Å²) >= 11 is 1.79. The summed E-state index contributed by atoms with van der Waals surface area (Å²) in [5.74, 6) is 0.999. The lowest BCUT2D eigenvalue weighted by Crippen LogP contribution is -2.45. The largest absolute Gasteiger partial charge is 0.497 e. The first-order valence-electron chi connectivity index (χ1n) is 8.87. The van der Waals surface area contributed by atoms with Gasteiger partial charge < -0.3 is 15.0 Å². The highest BCUT2D eigenvalue weighted by Gasteiger charge is 2.32. The van der Waals surface area contributed by atoms with Crippen molar-refractivity contribution in [2.24, 2.45) is 0 Å². The van der Waals surface area contributed by atoms with Gasteiger partial charge in [-0.15, -0.1) is 11.3 Å². The second kappa shape index (κ2) is 8.02. The number of thiophene rings is 1. The van der Waals surface area contributed by atoms with E-state index in [2.05, 4.69) is 42.7 Å². The van der Waals surface area contributed by atoms with Gasteiger partial charge in [0.15, 0.2) is 0 Å². The SMILES string of the molecule is CC[C@H](C)NCC(=O)N1CCc2sccc2[C@H]1c1ccc(OC)cc1. The maximum Gasteiger partial charge on any atom is 0.237 e. The Morgan fingerprint density at radius 1 is 1.36 bits per heavy atom. The van der Waals surface area contributed by atoms with Gasteiger partial charge >= 0.3 is 0 Å². The number of rotatable bonds is 6. The van der Waals surface area contributed by atoms with E-state index >= 15 is 0 Å². The fraction of sp³-hybridized carbons (Fsp3) is 0.450. The van der Waals surface area contributed by atoms with E-state index in [9.17, 15) is 4.79 Å². The number of methoxy groups -OCH3 is 1. The minimum Gasteiger partial charge on any atom is -0.497 e. The maximum atomic E-state index is 12.9. The number of nitrogens with zero attached hydrogens (tertiary/aromatic N) is 1. The highest BCUT2D eigenvalue weighted by atomic mass is 32.1. The molecule has 2 atom stereocenters. The normalized spacial score (nSPS) is 17.9. The molecule has 4 nitrogen and oxygen atoms in total. The van der Waals surface area contributed by atoms with Gasteiger partial charge in [0.05, 0.1) is 19.7 Å². The Morgan fingerprint density at radius 3 is 2.80 bits per heavy atom. The molecule has 25 heavy (non-hydrogen) atoms. The standard InChI is InChI=1S/C20H26N2O2S/c1-4-14(2)21-13-19(23)22-11-9-18-17(10-12-25-18)20(22)15-5-7-16(24-3)8-6-15/h5-8,10,12,14,20-21H,4,9,11,13H2,1-3H3/t14-,20+/m0/s1. The maximum absolute atomic E-state index is 12.9. The van der Waals surface area contributed by atoms with E-state index in [4.69, 9.17) is 4.74 Å². The van der Waals surface area contributed by atoms with E-state index in [0.29, 0.717) is 12.6 Å². The molecule has 5 heteroatoms. The molecule has 0 bridgehead atoms. The van der Waals surface area contributed by atoms with Crippen LogP contribution in [-0.2, 0) is 11.2 Å². The van der Waals surface area contributed by atoms with Gasteiger partial charge in [0.25, 0.3) is 0 Å². The Bertz CT molecular complexity index is 711. The van der Waals surface area contributed by atoms with E-state index in [0.717, 1.165) is 30.7 Å². The molecule has 134 valence electrons. The summed E-state index contributed by atoms with van der Waals surface area (Å²) in [6.45, 7) is 5.40. The molecule has 0 aliphatic carbocycles. The van der Waals surface area contributed by atoms with E-state index < -0.39 is 0 Å². The summed E-state index contributed by atoms with van der Waals surface area (Å²) in [5, 5.41) is 5.46. The topological polar surface area (TPSA) is 41.6 Å². The number of hydrogen-bond donors (Lipinski definition) is 1. The second-order valence-electron chi connectivity index (χ2n) is 6.50. The van der Waals surface area contributed by atoms with Gasteiger partial charge in [-0.2, -0.15) is 0 Å². The van der Waals surface area contributed by atoms with Crippen LogP contribution in [0.1, 0.15) is 42.3 Å². The van der Waals surface area contributed by atoms with Crippen LogP contribution in [-0.4, -0.2) is 37.0 Å². The quantitative estimate of drug-likeness (QED) is 0.857. The number of hydrogen-bond acceptors (Lipinski definition) is 4. The lowest BCUT2D eigenvalue weighted by Gasteiger charge is -2.36. The lowest BCUT2D eigenvalue weighted by atomic mass is 9.93. The number of carbonyl (C=O) groups excluding carboxylic acids is 1. The minimum atomic E-state index is -0.00728. The van der Waals surface area contributed by atoms with Gasteiger partial charge in [-0.1, -0.05) is 19.1 Å². The zero-order valence-corrected chi connectivity index (χ0v) is 15.9. The van der Waals surface area contributed by atoms with Gasteiger partial charge in [0.2, 0.25) is 5.91 Å². The summed E-state index contributed by atoms with van der Waals surface area (Å²) in [4.78, 5) is 16.3. The number of benzene rings is 1. The Kier molecular flexibility index (Phi) is 5.76. The molecule has 1 aromatic carbocycles. The first-order chi connectivity index (χ1) is 12.1. The van der Waals surface area contributed by atoms with E-state index in [1.165, 1.54) is 10.4 Å². The molecule has 0 fully saturated rings. The molecular weight excluding hydrogens is 332 g/mol. The smallest absolute Gasteiger partial charge is 0.237 e. The third-order valence-electron chi connectivity index (χ3n) is 4.93. The predicted molar refractivity (Wildman–Crippen MR) is 102 cm³/mol. The lowest BCUT2D eigenvalue weighted by molar-refractivity contribution is -0.132. The van der Waals surface area contributed by atoms with E-state index in [1.54, 1.807) is 18.4 Å². The molecule has 1 amide bonds. The molecule has 2 aromatic rings. The molecular formula is C20H26N2O2S. The van der Waals surface area contributed by atoms with Crippen LogP contribution in [0.15, 0.2) is 35.7 Å². The van der Waals surface area contributed by atoms with Crippen molar-refractivity contribution in [1.29, 1.82) is 0 Å². The minimum absolute atomic E-state index is 0.00728. The van der Waals surface area contributed by atoms with Gasteiger partial charge in [0.1, 0.15) is 5.75 Å². The zero-order chi connectivity index (χ0) is 17.8. The molecule has 1 aliphatic rings. The Balaban J connectivity index is 1.87. The molecule has 0 spiro atoms. The van der Waals surface area contributed by atoms with Crippen LogP contribution in [0.25, 0.3) is 0 Å². The molecule has 0 saturated heterocycles. The van der Waals surface area contributed by atoms with E-state index in [1.807, 2.05) is 17.0 Å². The summed E-state index contributed by atoms with van der Waals surface area (Å²) in [5.41, 5.74) is 2.40. The van der Waals surface area contributed by atoms with Crippen molar-refractivity contribution in [2.45, 2.75) is 38.8 Å². The van der Waals surface area contributed by atoms with Gasteiger partial charge in [0, 0.05) is 17.5 Å². The third-order valence-corrected chi connectivity index (χ3v) is 5.93.